The SMILES string of the molecule is N#CC(C#N)=C1c2cc(C(=O)O)ccc2-c2ccc(C(=O)O)cc21. The number of aromatic carboxylic acids is 2. The first-order chi connectivity index (χ1) is 11.5. The maximum absolute atomic E-state index is 11.2. The molecule has 24 heavy (non-hydrogen) atoms. The summed E-state index contributed by atoms with van der Waals surface area (Å²) in [6.45, 7) is 0. The molecular weight excluding hydrogens is 308 g/mol. The van der Waals surface area contributed by atoms with Crippen LogP contribution in [0.2, 0.25) is 0 Å². The van der Waals surface area contributed by atoms with E-state index >= 15 is 0 Å². The van der Waals surface area contributed by atoms with E-state index in [2.05, 4.69) is 0 Å². The second-order valence-electron chi connectivity index (χ2n) is 5.10. The van der Waals surface area contributed by atoms with Crippen molar-refractivity contribution in [2.24, 2.45) is 0 Å². The molecule has 1 aliphatic rings. The molecule has 0 fully saturated rings. The number of nitrogens with zero attached hydrogens (tertiary/aromatic N) is 2. The smallest absolute Gasteiger partial charge is 0.335 e. The van der Waals surface area contributed by atoms with Crippen LogP contribution in [0.15, 0.2) is 42.0 Å². The number of carbonyl (C=O) groups is 2. The Morgan fingerprint density at radius 2 is 1.17 bits per heavy atom. The lowest BCUT2D eigenvalue weighted by atomic mass is 9.97. The zero-order valence-electron chi connectivity index (χ0n) is 12.1. The van der Waals surface area contributed by atoms with Crippen molar-refractivity contribution in [1.82, 2.24) is 0 Å². The maximum atomic E-state index is 11.2. The highest BCUT2D eigenvalue weighted by Crippen LogP contribution is 2.46. The number of allylic oxidation sites excluding steroid dienone is 1. The largest absolute Gasteiger partial charge is 0.478 e. The number of carboxylic acid groups (broad SMARTS) is 2. The van der Waals surface area contributed by atoms with Gasteiger partial charge in [0.25, 0.3) is 0 Å². The third kappa shape index (κ3) is 2.11. The summed E-state index contributed by atoms with van der Waals surface area (Å²) in [5.41, 5.74) is 2.29. The van der Waals surface area contributed by atoms with Crippen LogP contribution in [0.3, 0.4) is 0 Å². The Balaban J connectivity index is 2.41. The van der Waals surface area contributed by atoms with Gasteiger partial charge in [0.1, 0.15) is 17.7 Å². The quantitative estimate of drug-likeness (QED) is 0.701. The molecule has 0 amide bonds. The minimum Gasteiger partial charge on any atom is -0.478 e. The molecule has 6 nitrogen and oxygen atoms in total. The Labute approximate surface area is 136 Å². The van der Waals surface area contributed by atoms with Crippen LogP contribution in [-0.2, 0) is 0 Å². The molecule has 2 aromatic rings. The van der Waals surface area contributed by atoms with Crippen molar-refractivity contribution >= 4 is 17.5 Å². The molecular formula is C18H8N2O4. The van der Waals surface area contributed by atoms with Gasteiger partial charge in [-0.3, -0.25) is 0 Å². The van der Waals surface area contributed by atoms with E-state index < -0.39 is 11.9 Å². The van der Waals surface area contributed by atoms with Crippen LogP contribution in [0.1, 0.15) is 31.8 Å². The van der Waals surface area contributed by atoms with Gasteiger partial charge in [0.2, 0.25) is 0 Å². The molecule has 3 rings (SSSR count). The summed E-state index contributed by atoms with van der Waals surface area (Å²) < 4.78 is 0. The summed E-state index contributed by atoms with van der Waals surface area (Å²) in [6, 6.07) is 12.4. The van der Waals surface area contributed by atoms with Gasteiger partial charge in [-0.2, -0.15) is 10.5 Å². The lowest BCUT2D eigenvalue weighted by Crippen LogP contribution is -1.98. The van der Waals surface area contributed by atoms with Crippen molar-refractivity contribution in [1.29, 1.82) is 10.5 Å². The molecule has 0 unspecified atom stereocenters. The second kappa shape index (κ2) is 5.38. The highest BCUT2D eigenvalue weighted by molar-refractivity contribution is 6.07. The van der Waals surface area contributed by atoms with Crippen LogP contribution < -0.4 is 0 Å². The Morgan fingerprint density at radius 1 is 0.750 bits per heavy atom. The molecule has 0 aliphatic heterocycles. The van der Waals surface area contributed by atoms with E-state index in [-0.39, 0.29) is 22.3 Å². The first-order valence-electron chi connectivity index (χ1n) is 6.78. The van der Waals surface area contributed by atoms with Crippen LogP contribution in [0.25, 0.3) is 16.7 Å². The topological polar surface area (TPSA) is 122 Å². The molecule has 2 aromatic carbocycles. The number of carboxylic acids is 2. The molecule has 0 saturated carbocycles. The molecule has 6 heteroatoms. The fraction of sp³-hybridized carbons (Fsp3) is 0. The van der Waals surface area contributed by atoms with E-state index in [9.17, 15) is 20.1 Å². The molecule has 114 valence electrons. The van der Waals surface area contributed by atoms with Gasteiger partial charge in [0, 0.05) is 5.57 Å². The Bertz CT molecular complexity index is 954. The van der Waals surface area contributed by atoms with E-state index in [1.54, 1.807) is 24.3 Å². The third-order valence-corrected chi connectivity index (χ3v) is 3.84. The zero-order valence-corrected chi connectivity index (χ0v) is 12.1. The number of hydrogen-bond donors (Lipinski definition) is 2. The molecule has 0 radical (unpaired) electrons. The van der Waals surface area contributed by atoms with E-state index in [1.807, 2.05) is 0 Å². The fourth-order valence-corrected chi connectivity index (χ4v) is 2.79. The van der Waals surface area contributed by atoms with Crippen LogP contribution in [0.4, 0.5) is 0 Å². The summed E-state index contributed by atoms with van der Waals surface area (Å²) in [4.78, 5) is 22.4. The predicted molar refractivity (Wildman–Crippen MR) is 83.0 cm³/mol. The van der Waals surface area contributed by atoms with Crippen molar-refractivity contribution in [2.75, 3.05) is 0 Å². The Morgan fingerprint density at radius 3 is 1.50 bits per heavy atom. The van der Waals surface area contributed by atoms with Crippen LogP contribution >= 0.6 is 0 Å². The minimum atomic E-state index is -1.13. The average molecular weight is 316 g/mol. The van der Waals surface area contributed by atoms with Crippen molar-refractivity contribution in [3.63, 3.8) is 0 Å². The van der Waals surface area contributed by atoms with E-state index in [0.29, 0.717) is 22.3 Å². The van der Waals surface area contributed by atoms with Gasteiger partial charge >= 0.3 is 11.9 Å². The summed E-state index contributed by atoms with van der Waals surface area (Å²) >= 11 is 0. The van der Waals surface area contributed by atoms with E-state index in [1.165, 1.54) is 24.3 Å². The summed E-state index contributed by atoms with van der Waals surface area (Å²) in [5, 5.41) is 36.8. The second-order valence-corrected chi connectivity index (χ2v) is 5.10. The van der Waals surface area contributed by atoms with Crippen molar-refractivity contribution in [3.8, 4) is 23.3 Å². The number of hydrogen-bond acceptors (Lipinski definition) is 4. The number of nitriles is 2. The number of rotatable bonds is 2. The normalized spacial score (nSPS) is 11.0. The fourth-order valence-electron chi connectivity index (χ4n) is 2.79. The van der Waals surface area contributed by atoms with Crippen molar-refractivity contribution in [2.45, 2.75) is 0 Å². The van der Waals surface area contributed by atoms with Crippen molar-refractivity contribution in [3.05, 3.63) is 64.2 Å². The summed E-state index contributed by atoms with van der Waals surface area (Å²) in [6.07, 6.45) is 0. The highest BCUT2D eigenvalue weighted by Gasteiger charge is 2.28. The van der Waals surface area contributed by atoms with Crippen LogP contribution in [-0.4, -0.2) is 22.2 Å². The first kappa shape index (κ1) is 15.0. The molecule has 0 heterocycles. The lowest BCUT2D eigenvalue weighted by Gasteiger charge is -2.04. The van der Waals surface area contributed by atoms with Crippen molar-refractivity contribution < 1.29 is 19.8 Å². The Kier molecular flexibility index (Phi) is 3.37. The molecule has 0 atom stereocenters. The maximum Gasteiger partial charge on any atom is 0.335 e. The molecule has 0 saturated heterocycles. The van der Waals surface area contributed by atoms with Gasteiger partial charge in [0.05, 0.1) is 11.1 Å². The first-order valence-corrected chi connectivity index (χ1v) is 6.78. The van der Waals surface area contributed by atoms with Gasteiger partial charge in [-0.1, -0.05) is 12.1 Å². The average Bonchev–Trinajstić information content (AvgIpc) is 2.89. The van der Waals surface area contributed by atoms with E-state index in [4.69, 9.17) is 10.2 Å². The molecule has 2 N–H and O–H groups in total. The number of fused-ring (bicyclic) bond motifs is 3. The molecule has 1 aliphatic carbocycles. The zero-order chi connectivity index (χ0) is 17.4. The van der Waals surface area contributed by atoms with Gasteiger partial charge in [-0.15, -0.1) is 0 Å². The summed E-state index contributed by atoms with van der Waals surface area (Å²) in [7, 11) is 0. The lowest BCUT2D eigenvalue weighted by molar-refractivity contribution is 0.0686. The third-order valence-electron chi connectivity index (χ3n) is 3.84. The highest BCUT2D eigenvalue weighted by atomic mass is 16.4. The van der Waals surface area contributed by atoms with Gasteiger partial charge in [-0.25, -0.2) is 9.59 Å². The van der Waals surface area contributed by atoms with Gasteiger partial charge in [0.15, 0.2) is 0 Å². The van der Waals surface area contributed by atoms with Gasteiger partial charge < -0.3 is 10.2 Å². The van der Waals surface area contributed by atoms with Crippen LogP contribution in [0, 0.1) is 22.7 Å². The minimum absolute atomic E-state index is 0.0211. The molecule has 0 spiro atoms. The predicted octanol–water partition coefficient (Wildman–Crippen LogP) is 2.91. The van der Waals surface area contributed by atoms with Gasteiger partial charge in [-0.05, 0) is 46.5 Å². The monoisotopic (exact) mass is 316 g/mol. The van der Waals surface area contributed by atoms with E-state index in [0.717, 1.165) is 0 Å². The molecule has 0 bridgehead atoms. The summed E-state index contributed by atoms with van der Waals surface area (Å²) in [5.74, 6) is -2.26. The standard InChI is InChI=1S/C18H8N2O4/c19-7-11(8-20)16-14-5-9(17(21)22)1-3-12(14)13-4-2-10(18(23)24)6-15(13)16/h1-6H,(H,21,22)(H,23,24). The van der Waals surface area contributed by atoms with Crippen LogP contribution in [0.5, 0.6) is 0 Å². The number of benzene rings is 2. The Hall–Kier alpha value is -3.90. The molecule has 0 aromatic heterocycles.